The molecular formula is C55H88FN7O13. The van der Waals surface area contributed by atoms with Gasteiger partial charge in [0.2, 0.25) is 11.8 Å². The third-order valence-electron chi connectivity index (χ3n) is 15.0. The fourth-order valence-electron chi connectivity index (χ4n) is 9.86. The van der Waals surface area contributed by atoms with E-state index in [0.29, 0.717) is 161 Å². The summed E-state index contributed by atoms with van der Waals surface area (Å²) in [4.78, 5) is 59.3. The van der Waals surface area contributed by atoms with Crippen LogP contribution in [-0.2, 0) is 58.8 Å². The number of ether oxygens (including phenoxy) is 9. The molecule has 21 heteroatoms. The van der Waals surface area contributed by atoms with E-state index >= 15 is 4.39 Å². The molecule has 3 atom stereocenters. The lowest BCUT2D eigenvalue weighted by Gasteiger charge is -2.45. The molecule has 1 aromatic carbocycles. The molecule has 20 nitrogen and oxygen atoms in total. The van der Waals surface area contributed by atoms with Gasteiger partial charge in [-0.1, -0.05) is 26.8 Å². The number of nitrogens with one attached hydrogen (secondary N) is 3. The molecule has 1 aliphatic heterocycles. The normalized spacial score (nSPS) is 17.7. The van der Waals surface area contributed by atoms with Crippen LogP contribution in [0.1, 0.15) is 101 Å². The minimum Gasteiger partial charge on any atom is -0.382 e. The van der Waals surface area contributed by atoms with E-state index in [9.17, 15) is 19.2 Å². The molecule has 0 radical (unpaired) electrons. The predicted molar refractivity (Wildman–Crippen MR) is 282 cm³/mol. The molecule has 1 aromatic heterocycles. The number of hydrogen-bond acceptors (Lipinski definition) is 14. The molecular weight excluding hydrogens is 986 g/mol. The number of methoxy groups -OCH3 is 1. The molecule has 1 saturated heterocycles. The van der Waals surface area contributed by atoms with Crippen molar-refractivity contribution in [3.05, 3.63) is 47.5 Å². The molecule has 0 bridgehead atoms. The molecule has 2 aromatic rings. The number of likely N-dealkylation sites (tertiary alicyclic amines) is 1. The second-order valence-electron chi connectivity index (χ2n) is 20.7. The average molecular weight is 1070 g/mol. The first-order chi connectivity index (χ1) is 36.9. The number of benzene rings is 1. The fourth-order valence-corrected chi connectivity index (χ4v) is 9.86. The van der Waals surface area contributed by atoms with Crippen molar-refractivity contribution >= 4 is 29.4 Å². The number of carbonyl (C=O) groups excluding carboxylic acids is 4. The van der Waals surface area contributed by atoms with Crippen LogP contribution >= 0.6 is 0 Å². The van der Waals surface area contributed by atoms with Gasteiger partial charge in [-0.05, 0) is 106 Å². The Balaban J connectivity index is 0.915. The number of aromatic nitrogens is 2. The van der Waals surface area contributed by atoms with Crippen molar-refractivity contribution in [3.63, 3.8) is 0 Å². The van der Waals surface area contributed by atoms with E-state index in [1.807, 2.05) is 6.92 Å². The number of hydrogen-bond donors (Lipinski definition) is 3. The summed E-state index contributed by atoms with van der Waals surface area (Å²) >= 11 is 0. The molecule has 6 rings (SSSR count). The molecule has 3 aliphatic carbocycles. The Labute approximate surface area is 449 Å². The third kappa shape index (κ3) is 19.2. The third-order valence-corrected chi connectivity index (χ3v) is 15.0. The van der Waals surface area contributed by atoms with Crippen LogP contribution in [-0.4, -0.2) is 200 Å². The smallest absolute Gasteiger partial charge is 0.318 e. The van der Waals surface area contributed by atoms with Crippen LogP contribution in [0, 0.1) is 29.5 Å². The summed E-state index contributed by atoms with van der Waals surface area (Å²) in [7, 11) is 3.37. The number of carbonyl (C=O) groups is 4. The molecule has 3 N–H and O–H groups in total. The number of rotatable bonds is 39. The minimum atomic E-state index is -0.998. The molecule has 4 aliphatic rings. The Morgan fingerprint density at radius 3 is 1.68 bits per heavy atom. The summed E-state index contributed by atoms with van der Waals surface area (Å²) in [6.07, 6.45) is 8.47. The highest BCUT2D eigenvalue weighted by Crippen LogP contribution is 2.51. The minimum absolute atomic E-state index is 0.0301. The van der Waals surface area contributed by atoms with E-state index < -0.39 is 41.2 Å². The second-order valence-corrected chi connectivity index (χ2v) is 20.7. The SMILES string of the molecule is CCn1nccc1C(=O)N[C@H](C(=O)Nc1ccc([C@H](C)[C@@H](NC(=O)N(C)C2CC2)C(=O)N2CCC(OCCOCCOCCOCCOCCOCCOCCOCCOC)(C(C)C)CC2)cc1F)C(C1CC1)C1CC1. The van der Waals surface area contributed by atoms with E-state index in [-0.39, 0.29) is 35.5 Å². The lowest BCUT2D eigenvalue weighted by molar-refractivity contribution is -0.148. The van der Waals surface area contributed by atoms with Crippen LogP contribution in [0.3, 0.4) is 0 Å². The van der Waals surface area contributed by atoms with Gasteiger partial charge in [-0.15, -0.1) is 0 Å². The van der Waals surface area contributed by atoms with Crippen molar-refractivity contribution in [1.82, 2.24) is 30.2 Å². The largest absolute Gasteiger partial charge is 0.382 e. The van der Waals surface area contributed by atoms with Crippen molar-refractivity contribution in [2.24, 2.45) is 23.7 Å². The van der Waals surface area contributed by atoms with Crippen molar-refractivity contribution in [2.45, 2.75) is 115 Å². The lowest BCUT2D eigenvalue weighted by atomic mass is 9.80. The van der Waals surface area contributed by atoms with Crippen molar-refractivity contribution in [1.29, 1.82) is 0 Å². The highest BCUT2D eigenvalue weighted by Gasteiger charge is 2.49. The van der Waals surface area contributed by atoms with Crippen LogP contribution in [0.2, 0.25) is 0 Å². The lowest BCUT2D eigenvalue weighted by Crippen LogP contribution is -2.58. The maximum atomic E-state index is 16.2. The first-order valence-corrected chi connectivity index (χ1v) is 27.8. The molecule has 0 spiro atoms. The summed E-state index contributed by atoms with van der Waals surface area (Å²) < 4.78 is 68.1. The zero-order valence-electron chi connectivity index (χ0n) is 46.1. The number of piperidine rings is 1. The van der Waals surface area contributed by atoms with Gasteiger partial charge in [0.25, 0.3) is 5.91 Å². The van der Waals surface area contributed by atoms with Gasteiger partial charge in [0, 0.05) is 51.9 Å². The molecule has 428 valence electrons. The van der Waals surface area contributed by atoms with Gasteiger partial charge in [0.05, 0.1) is 117 Å². The summed E-state index contributed by atoms with van der Waals surface area (Å²) in [5, 5.41) is 13.0. The molecule has 76 heavy (non-hydrogen) atoms. The molecule has 5 amide bonds. The van der Waals surface area contributed by atoms with Crippen LogP contribution < -0.4 is 16.0 Å². The number of anilines is 1. The summed E-state index contributed by atoms with van der Waals surface area (Å²) in [6, 6.07) is 4.02. The Hall–Kier alpha value is -4.32. The predicted octanol–water partition coefficient (Wildman–Crippen LogP) is 5.29. The average Bonchev–Trinajstić information content (AvgIpc) is 4.31. The standard InChI is InChI=1S/C55H88FN7O13/c1-7-63-47(16-19-57-63)51(64)59-50(48(41-8-9-41)42-10-11-42)52(65)58-46-15-12-43(38-45(46)56)40(4)49(60-54(67)61(5)44-13-14-44)53(66)62-20-17-55(18-21-62,39(2)3)76-37-36-75-35-34-74-33-32-73-31-30-72-29-28-71-27-26-70-25-24-69-23-22-68-6/h12,15-16,19,38-42,44,48-50H,7-11,13-14,17-18,20-37H2,1-6H3,(H,58,65)(H,59,64)(H,60,67)/t40-,49+,50-/m0/s1. The van der Waals surface area contributed by atoms with Gasteiger partial charge in [0.1, 0.15) is 23.6 Å². The number of amides is 5. The van der Waals surface area contributed by atoms with Crippen molar-refractivity contribution < 1.29 is 66.2 Å². The summed E-state index contributed by atoms with van der Waals surface area (Å²) in [6.45, 7) is 16.8. The Bertz CT molecular complexity index is 2050. The van der Waals surface area contributed by atoms with Gasteiger partial charge in [-0.3, -0.25) is 19.1 Å². The van der Waals surface area contributed by atoms with Crippen molar-refractivity contribution in [3.8, 4) is 0 Å². The zero-order chi connectivity index (χ0) is 54.3. The first-order valence-electron chi connectivity index (χ1n) is 27.8. The van der Waals surface area contributed by atoms with E-state index in [1.54, 1.807) is 53.9 Å². The van der Waals surface area contributed by atoms with Crippen LogP contribution in [0.15, 0.2) is 30.5 Å². The Kier molecular flexibility index (Phi) is 25.6. The maximum absolute atomic E-state index is 16.2. The fraction of sp³-hybridized carbons (Fsp3) is 0.764. The van der Waals surface area contributed by atoms with E-state index in [1.165, 1.54) is 12.1 Å². The highest BCUT2D eigenvalue weighted by atomic mass is 19.1. The number of halogens is 1. The molecule has 0 unspecified atom stereocenters. The molecule has 3 saturated carbocycles. The number of aryl methyl sites for hydroxylation is 1. The molecule has 2 heterocycles. The van der Waals surface area contributed by atoms with Crippen molar-refractivity contribution in [2.75, 3.05) is 138 Å². The highest BCUT2D eigenvalue weighted by molar-refractivity contribution is 6.01. The van der Waals surface area contributed by atoms with Gasteiger partial charge in [-0.25, -0.2) is 9.18 Å². The summed E-state index contributed by atoms with van der Waals surface area (Å²) in [5.74, 6) is -1.71. The molecule has 4 fully saturated rings. The summed E-state index contributed by atoms with van der Waals surface area (Å²) in [5.41, 5.74) is 0.340. The van der Waals surface area contributed by atoms with Gasteiger partial charge >= 0.3 is 6.03 Å². The second kappa shape index (κ2) is 31.9. The van der Waals surface area contributed by atoms with Crippen LogP contribution in [0.4, 0.5) is 14.9 Å². The van der Waals surface area contributed by atoms with Gasteiger partial charge in [0.15, 0.2) is 0 Å². The van der Waals surface area contributed by atoms with Gasteiger partial charge < -0.3 is 68.4 Å². The van der Waals surface area contributed by atoms with E-state index in [4.69, 9.17) is 42.6 Å². The zero-order valence-corrected chi connectivity index (χ0v) is 46.1. The Morgan fingerprint density at radius 2 is 1.22 bits per heavy atom. The van der Waals surface area contributed by atoms with Gasteiger partial charge in [-0.2, -0.15) is 5.10 Å². The van der Waals surface area contributed by atoms with Crippen LogP contribution in [0.5, 0.6) is 0 Å². The van der Waals surface area contributed by atoms with E-state index in [2.05, 4.69) is 34.9 Å². The monoisotopic (exact) mass is 1070 g/mol. The number of urea groups is 1. The Morgan fingerprint density at radius 1 is 0.711 bits per heavy atom. The first kappa shape index (κ1) is 60.9. The maximum Gasteiger partial charge on any atom is 0.318 e. The quantitative estimate of drug-likeness (QED) is 0.0727. The topological polar surface area (TPSA) is 212 Å². The van der Waals surface area contributed by atoms with E-state index in [0.717, 1.165) is 38.5 Å². The number of nitrogens with zero attached hydrogens (tertiary/aromatic N) is 4. The van der Waals surface area contributed by atoms with Crippen LogP contribution in [0.25, 0.3) is 0 Å².